The van der Waals surface area contributed by atoms with Crippen molar-refractivity contribution in [3.05, 3.63) is 30.7 Å². The Morgan fingerprint density at radius 1 is 1.62 bits per heavy atom. The Bertz CT molecular complexity index is 136. The molecule has 0 bridgehead atoms. The standard InChI is InChI=1S/C7H9N/c1-3-5-7-8-6-4-2/h3,5-7H,2H2,1H3/b5-3-,8-7?. The predicted octanol–water partition coefficient (Wildman–Crippen LogP) is 1.93. The highest BCUT2D eigenvalue weighted by Crippen LogP contribution is 1.67. The van der Waals surface area contributed by atoms with Gasteiger partial charge in [0.1, 0.15) is 0 Å². The molecule has 0 N–H and O–H groups in total. The lowest BCUT2D eigenvalue weighted by molar-refractivity contribution is 1.61. The predicted molar refractivity (Wildman–Crippen MR) is 37.0 cm³/mol. The molecule has 0 atom stereocenters. The van der Waals surface area contributed by atoms with Crippen LogP contribution in [0.3, 0.4) is 0 Å². The normalized spacial score (nSPS) is 10.1. The molecular formula is C7H9N. The Labute approximate surface area is 49.8 Å². The number of allylic oxidation sites excluding steroid dienone is 2. The Morgan fingerprint density at radius 2 is 2.38 bits per heavy atom. The van der Waals surface area contributed by atoms with Gasteiger partial charge in [-0.15, -0.1) is 5.73 Å². The number of nitrogens with zero attached hydrogens (tertiary/aromatic N) is 1. The van der Waals surface area contributed by atoms with Crippen molar-refractivity contribution >= 4 is 6.21 Å². The smallest absolute Gasteiger partial charge is 0.0680 e. The van der Waals surface area contributed by atoms with Gasteiger partial charge >= 0.3 is 0 Å². The van der Waals surface area contributed by atoms with Crippen LogP contribution in [0.15, 0.2) is 35.7 Å². The number of rotatable bonds is 2. The fraction of sp³-hybridized carbons (Fsp3) is 0.143. The molecule has 0 unspecified atom stereocenters. The van der Waals surface area contributed by atoms with Crippen molar-refractivity contribution in [1.29, 1.82) is 0 Å². The highest BCUT2D eigenvalue weighted by atomic mass is 14.6. The van der Waals surface area contributed by atoms with E-state index in [4.69, 9.17) is 0 Å². The first-order valence-electron chi connectivity index (χ1n) is 2.40. The van der Waals surface area contributed by atoms with E-state index < -0.39 is 0 Å². The second-order valence-electron chi connectivity index (χ2n) is 1.16. The van der Waals surface area contributed by atoms with Crippen molar-refractivity contribution in [3.8, 4) is 0 Å². The van der Waals surface area contributed by atoms with Gasteiger partial charge in [-0.1, -0.05) is 12.7 Å². The summed E-state index contributed by atoms with van der Waals surface area (Å²) in [7, 11) is 0. The lowest BCUT2D eigenvalue weighted by Crippen LogP contribution is -1.56. The Morgan fingerprint density at radius 3 is 2.88 bits per heavy atom. The fourth-order valence-corrected chi connectivity index (χ4v) is 0.231. The molecule has 0 aromatic heterocycles. The van der Waals surface area contributed by atoms with E-state index in [-0.39, 0.29) is 0 Å². The molecule has 0 aliphatic carbocycles. The molecule has 0 aliphatic heterocycles. The number of hydrogen-bond acceptors (Lipinski definition) is 1. The molecule has 0 aromatic carbocycles. The largest absolute Gasteiger partial charge is 0.256 e. The maximum Gasteiger partial charge on any atom is 0.0680 e. The molecule has 0 saturated heterocycles. The van der Waals surface area contributed by atoms with Crippen LogP contribution in [-0.2, 0) is 0 Å². The summed E-state index contributed by atoms with van der Waals surface area (Å²) < 4.78 is 0. The molecule has 8 heavy (non-hydrogen) atoms. The molecule has 0 radical (unpaired) electrons. The summed E-state index contributed by atoms with van der Waals surface area (Å²) in [6, 6.07) is 0. The van der Waals surface area contributed by atoms with Gasteiger partial charge in [-0.25, -0.2) is 0 Å². The summed E-state index contributed by atoms with van der Waals surface area (Å²) in [6.07, 6.45) is 6.94. The number of aliphatic imine (C=N–C) groups is 1. The highest BCUT2D eigenvalue weighted by molar-refractivity contribution is 5.71. The molecule has 0 rings (SSSR count). The molecule has 0 amide bonds. The molecule has 0 aliphatic rings. The minimum atomic E-state index is 1.51. The van der Waals surface area contributed by atoms with Crippen molar-refractivity contribution in [1.82, 2.24) is 0 Å². The Kier molecular flexibility index (Phi) is 5.14. The molecule has 0 saturated carbocycles. The van der Waals surface area contributed by atoms with Crippen LogP contribution in [0.25, 0.3) is 0 Å². The Hall–Kier alpha value is -1.07. The zero-order valence-corrected chi connectivity index (χ0v) is 4.96. The summed E-state index contributed by atoms with van der Waals surface area (Å²) in [5.74, 6) is 0. The highest BCUT2D eigenvalue weighted by Gasteiger charge is 1.54. The van der Waals surface area contributed by atoms with Crippen LogP contribution in [0.1, 0.15) is 6.92 Å². The quantitative estimate of drug-likeness (QED) is 0.377. The minimum Gasteiger partial charge on any atom is -0.256 e. The van der Waals surface area contributed by atoms with Gasteiger partial charge in [0.25, 0.3) is 0 Å². The van der Waals surface area contributed by atoms with Gasteiger partial charge in [0.15, 0.2) is 0 Å². The van der Waals surface area contributed by atoms with Crippen LogP contribution in [0, 0.1) is 0 Å². The van der Waals surface area contributed by atoms with E-state index in [0.29, 0.717) is 0 Å². The van der Waals surface area contributed by atoms with Gasteiger partial charge in [-0.3, -0.25) is 4.99 Å². The monoisotopic (exact) mass is 107 g/mol. The molecule has 0 fully saturated rings. The average Bonchev–Trinajstić information content (AvgIpc) is 1.81. The molecule has 1 nitrogen and oxygen atoms in total. The van der Waals surface area contributed by atoms with Gasteiger partial charge in [0.05, 0.1) is 6.20 Å². The van der Waals surface area contributed by atoms with Crippen molar-refractivity contribution in [2.45, 2.75) is 6.92 Å². The first kappa shape index (κ1) is 6.93. The molecule has 42 valence electrons. The third-order valence-corrected chi connectivity index (χ3v) is 0.530. The van der Waals surface area contributed by atoms with Crippen LogP contribution in [0.2, 0.25) is 0 Å². The van der Waals surface area contributed by atoms with Crippen molar-refractivity contribution in [2.24, 2.45) is 4.99 Å². The molecule has 1 heteroatoms. The summed E-state index contributed by atoms with van der Waals surface area (Å²) in [4.78, 5) is 3.77. The van der Waals surface area contributed by atoms with Crippen LogP contribution < -0.4 is 0 Å². The second-order valence-corrected chi connectivity index (χ2v) is 1.16. The van der Waals surface area contributed by atoms with Gasteiger partial charge in [-0.05, 0) is 13.0 Å². The lowest BCUT2D eigenvalue weighted by Gasteiger charge is -1.66. The maximum atomic E-state index is 3.77. The zero-order chi connectivity index (χ0) is 6.24. The van der Waals surface area contributed by atoms with Crippen LogP contribution in [-0.4, -0.2) is 6.21 Å². The van der Waals surface area contributed by atoms with Gasteiger partial charge < -0.3 is 0 Å². The van der Waals surface area contributed by atoms with Gasteiger partial charge in [0.2, 0.25) is 0 Å². The van der Waals surface area contributed by atoms with Crippen LogP contribution >= 0.6 is 0 Å². The van der Waals surface area contributed by atoms with E-state index in [0.717, 1.165) is 0 Å². The molecule has 0 heterocycles. The summed E-state index contributed by atoms with van der Waals surface area (Å²) in [5, 5.41) is 0. The van der Waals surface area contributed by atoms with E-state index in [1.807, 2.05) is 19.1 Å². The van der Waals surface area contributed by atoms with Gasteiger partial charge in [-0.2, -0.15) is 0 Å². The molecule has 0 aromatic rings. The van der Waals surface area contributed by atoms with Crippen molar-refractivity contribution in [3.63, 3.8) is 0 Å². The SMILES string of the molecule is C=C=CN=C/C=C\C. The molecule has 0 spiro atoms. The van der Waals surface area contributed by atoms with Crippen LogP contribution in [0.4, 0.5) is 0 Å². The van der Waals surface area contributed by atoms with Crippen molar-refractivity contribution < 1.29 is 0 Å². The van der Waals surface area contributed by atoms with E-state index in [2.05, 4.69) is 17.3 Å². The Balaban J connectivity index is 3.50. The summed E-state index contributed by atoms with van der Waals surface area (Å²) in [6.45, 7) is 5.27. The van der Waals surface area contributed by atoms with E-state index >= 15 is 0 Å². The van der Waals surface area contributed by atoms with E-state index in [1.54, 1.807) is 6.21 Å². The van der Waals surface area contributed by atoms with E-state index in [9.17, 15) is 0 Å². The maximum absolute atomic E-state index is 3.77. The number of hydrogen-bond donors (Lipinski definition) is 0. The fourth-order valence-electron chi connectivity index (χ4n) is 0.231. The summed E-state index contributed by atoms with van der Waals surface area (Å²) >= 11 is 0. The third kappa shape index (κ3) is 4.93. The van der Waals surface area contributed by atoms with E-state index in [1.165, 1.54) is 6.20 Å². The summed E-state index contributed by atoms with van der Waals surface area (Å²) in [5.41, 5.74) is 2.52. The lowest BCUT2D eigenvalue weighted by atomic mass is 10.6. The minimum absolute atomic E-state index is 1.51. The van der Waals surface area contributed by atoms with Crippen molar-refractivity contribution in [2.75, 3.05) is 0 Å². The van der Waals surface area contributed by atoms with Gasteiger partial charge in [0, 0.05) is 6.21 Å². The average molecular weight is 107 g/mol. The van der Waals surface area contributed by atoms with Crippen LogP contribution in [0.5, 0.6) is 0 Å². The zero-order valence-electron chi connectivity index (χ0n) is 4.96. The first-order chi connectivity index (χ1) is 3.91. The second kappa shape index (κ2) is 5.93. The third-order valence-electron chi connectivity index (χ3n) is 0.530. The topological polar surface area (TPSA) is 12.4 Å². The first-order valence-corrected chi connectivity index (χ1v) is 2.40. The molecular weight excluding hydrogens is 98.1 g/mol.